The molecule has 2 heteroatoms. The molecular weight excluding hydrogens is 320 g/mol. The second-order valence-electron chi connectivity index (χ2n) is 6.26. The molecule has 0 amide bonds. The summed E-state index contributed by atoms with van der Waals surface area (Å²) in [5, 5.41) is 0. The van der Waals surface area contributed by atoms with Crippen molar-refractivity contribution in [3.8, 4) is 24.7 Å². The average Bonchev–Trinajstić information content (AvgIpc) is 2.64. The maximum atomic E-state index is 12.3. The van der Waals surface area contributed by atoms with Crippen LogP contribution in [-0.4, -0.2) is 12.1 Å². The van der Waals surface area contributed by atoms with E-state index in [2.05, 4.69) is 25.3 Å². The van der Waals surface area contributed by atoms with Crippen molar-refractivity contribution in [2.45, 2.75) is 58.0 Å². The van der Waals surface area contributed by atoms with Crippen molar-refractivity contribution in [1.29, 1.82) is 0 Å². The standard InChI is InChI=1S/C24H28O2/c1-6-10-11-13-21(8-3)23(9-4)26-24(25)18-20-14-16-22(17-15-20)19(5)12-7-2/h2,4,6,13-17,19,23H,1,8,10-12,18H2,3,5H3. The number of ether oxygens (including phenoxy) is 1. The van der Waals surface area contributed by atoms with Crippen LogP contribution in [0.5, 0.6) is 0 Å². The van der Waals surface area contributed by atoms with Crippen LogP contribution in [0.4, 0.5) is 0 Å². The van der Waals surface area contributed by atoms with Gasteiger partial charge in [-0.15, -0.1) is 25.3 Å². The molecule has 1 aromatic rings. The number of hydrogen-bond acceptors (Lipinski definition) is 2. The Hall–Kier alpha value is -2.71. The summed E-state index contributed by atoms with van der Waals surface area (Å²) < 4.78 is 5.51. The number of esters is 1. The van der Waals surface area contributed by atoms with E-state index in [0.29, 0.717) is 12.3 Å². The van der Waals surface area contributed by atoms with E-state index in [1.807, 2.05) is 43.3 Å². The third kappa shape index (κ3) is 7.04. The van der Waals surface area contributed by atoms with Crippen molar-refractivity contribution in [3.63, 3.8) is 0 Å². The Morgan fingerprint density at radius 2 is 1.96 bits per heavy atom. The monoisotopic (exact) mass is 348 g/mol. The third-order valence-corrected chi connectivity index (χ3v) is 4.24. The number of unbranched alkanes of at least 4 members (excludes halogenated alkanes) is 1. The lowest BCUT2D eigenvalue weighted by Crippen LogP contribution is -2.20. The smallest absolute Gasteiger partial charge is 0.311 e. The number of rotatable bonds is 10. The van der Waals surface area contributed by atoms with Crippen LogP contribution in [0.15, 0.2) is 48.6 Å². The van der Waals surface area contributed by atoms with Gasteiger partial charge in [-0.05, 0) is 41.9 Å². The van der Waals surface area contributed by atoms with Crippen LogP contribution in [0.1, 0.15) is 56.6 Å². The van der Waals surface area contributed by atoms with Crippen LogP contribution in [0, 0.1) is 24.7 Å². The zero-order chi connectivity index (χ0) is 19.4. The number of hydrogen-bond donors (Lipinski definition) is 0. The van der Waals surface area contributed by atoms with E-state index in [9.17, 15) is 4.79 Å². The summed E-state index contributed by atoms with van der Waals surface area (Å²) in [6, 6.07) is 7.90. The van der Waals surface area contributed by atoms with Crippen LogP contribution < -0.4 is 0 Å². The Kier molecular flexibility index (Phi) is 9.66. The molecule has 0 saturated carbocycles. The van der Waals surface area contributed by atoms with Crippen LogP contribution in [-0.2, 0) is 16.0 Å². The number of carbonyl (C=O) groups excluding carboxylic acids is 1. The molecule has 1 rings (SSSR count). The van der Waals surface area contributed by atoms with Crippen molar-refractivity contribution < 1.29 is 9.53 Å². The lowest BCUT2D eigenvalue weighted by molar-refractivity contribution is -0.144. The summed E-state index contributed by atoms with van der Waals surface area (Å²) in [6.07, 6.45) is 17.6. The van der Waals surface area contributed by atoms with Gasteiger partial charge in [0.15, 0.2) is 6.10 Å². The minimum Gasteiger partial charge on any atom is -0.444 e. The molecule has 0 aliphatic rings. The summed E-state index contributed by atoms with van der Waals surface area (Å²) in [4.78, 5) is 12.3. The minimum atomic E-state index is -0.604. The molecule has 0 aromatic heterocycles. The Balaban J connectivity index is 2.69. The highest BCUT2D eigenvalue weighted by Gasteiger charge is 2.16. The lowest BCUT2D eigenvalue weighted by Gasteiger charge is -2.15. The fourth-order valence-electron chi connectivity index (χ4n) is 2.64. The quantitative estimate of drug-likeness (QED) is 0.251. The average molecular weight is 348 g/mol. The highest BCUT2D eigenvalue weighted by molar-refractivity contribution is 5.73. The molecule has 0 spiro atoms. The molecular formula is C24H28O2. The Morgan fingerprint density at radius 3 is 2.50 bits per heavy atom. The van der Waals surface area contributed by atoms with Gasteiger partial charge in [-0.1, -0.05) is 56.2 Å². The topological polar surface area (TPSA) is 26.3 Å². The van der Waals surface area contributed by atoms with Gasteiger partial charge in [-0.25, -0.2) is 0 Å². The van der Waals surface area contributed by atoms with E-state index in [4.69, 9.17) is 17.6 Å². The van der Waals surface area contributed by atoms with Gasteiger partial charge in [0.1, 0.15) is 0 Å². The van der Waals surface area contributed by atoms with E-state index in [1.165, 1.54) is 5.56 Å². The van der Waals surface area contributed by atoms with Crippen LogP contribution in [0.25, 0.3) is 0 Å². The summed E-state index contributed by atoms with van der Waals surface area (Å²) >= 11 is 0. The largest absolute Gasteiger partial charge is 0.444 e. The summed E-state index contributed by atoms with van der Waals surface area (Å²) in [6.45, 7) is 7.80. The first-order chi connectivity index (χ1) is 12.5. The fraction of sp³-hybridized carbons (Fsp3) is 0.375. The molecule has 136 valence electrons. The van der Waals surface area contributed by atoms with Gasteiger partial charge in [-0.3, -0.25) is 4.79 Å². The highest BCUT2D eigenvalue weighted by atomic mass is 16.5. The molecule has 0 bridgehead atoms. The van der Waals surface area contributed by atoms with Gasteiger partial charge in [0, 0.05) is 6.42 Å². The zero-order valence-corrected chi connectivity index (χ0v) is 15.8. The maximum Gasteiger partial charge on any atom is 0.311 e. The molecule has 0 N–H and O–H groups in total. The lowest BCUT2D eigenvalue weighted by atomic mass is 9.96. The molecule has 1 aromatic carbocycles. The molecule has 0 heterocycles. The Morgan fingerprint density at radius 1 is 1.27 bits per heavy atom. The predicted octanol–water partition coefficient (Wildman–Crippen LogP) is 5.20. The number of terminal acetylenes is 2. The van der Waals surface area contributed by atoms with Gasteiger partial charge in [0.25, 0.3) is 0 Å². The second kappa shape index (κ2) is 11.8. The van der Waals surface area contributed by atoms with Gasteiger partial charge in [0.2, 0.25) is 0 Å². The number of benzene rings is 1. The van der Waals surface area contributed by atoms with Crippen molar-refractivity contribution in [2.24, 2.45) is 0 Å². The molecule has 26 heavy (non-hydrogen) atoms. The second-order valence-corrected chi connectivity index (χ2v) is 6.26. The molecule has 2 unspecified atom stereocenters. The normalized spacial score (nSPS) is 13.2. The maximum absolute atomic E-state index is 12.3. The van der Waals surface area contributed by atoms with Crippen LogP contribution in [0.3, 0.4) is 0 Å². The third-order valence-electron chi connectivity index (χ3n) is 4.24. The van der Waals surface area contributed by atoms with E-state index >= 15 is 0 Å². The molecule has 0 fully saturated rings. The van der Waals surface area contributed by atoms with E-state index in [-0.39, 0.29) is 12.4 Å². The first-order valence-corrected chi connectivity index (χ1v) is 9.03. The van der Waals surface area contributed by atoms with Crippen molar-refractivity contribution >= 4 is 5.97 Å². The first kappa shape index (κ1) is 21.3. The number of carbonyl (C=O) groups is 1. The zero-order valence-electron chi connectivity index (χ0n) is 15.8. The molecule has 0 saturated heterocycles. The Bertz CT molecular complexity index is 695. The minimum absolute atomic E-state index is 0.200. The molecule has 2 nitrogen and oxygen atoms in total. The van der Waals surface area contributed by atoms with Gasteiger partial charge >= 0.3 is 5.97 Å². The fourth-order valence-corrected chi connectivity index (χ4v) is 2.64. The first-order valence-electron chi connectivity index (χ1n) is 9.03. The summed E-state index contributed by atoms with van der Waals surface area (Å²) in [5.74, 6) is 5.24. The van der Waals surface area contributed by atoms with Crippen molar-refractivity contribution in [3.05, 3.63) is 59.7 Å². The highest BCUT2D eigenvalue weighted by Crippen LogP contribution is 2.19. The van der Waals surface area contributed by atoms with Gasteiger partial charge in [0.05, 0.1) is 6.42 Å². The van der Waals surface area contributed by atoms with Crippen molar-refractivity contribution in [2.75, 3.05) is 0 Å². The SMILES string of the molecule is C#CCC(C)c1ccc(CC(=O)OC(C#C)C(=CCCC=C)CC)cc1. The van der Waals surface area contributed by atoms with E-state index < -0.39 is 6.10 Å². The number of allylic oxidation sites excluding steroid dienone is 2. The summed E-state index contributed by atoms with van der Waals surface area (Å²) in [5.41, 5.74) is 3.03. The molecule has 2 atom stereocenters. The van der Waals surface area contributed by atoms with Gasteiger partial charge in [-0.2, -0.15) is 0 Å². The van der Waals surface area contributed by atoms with Crippen LogP contribution >= 0.6 is 0 Å². The van der Waals surface area contributed by atoms with E-state index in [0.717, 1.165) is 30.4 Å². The Labute approximate surface area is 158 Å². The molecule has 0 radical (unpaired) electrons. The van der Waals surface area contributed by atoms with Gasteiger partial charge < -0.3 is 4.74 Å². The molecule has 0 aliphatic heterocycles. The van der Waals surface area contributed by atoms with Crippen molar-refractivity contribution in [1.82, 2.24) is 0 Å². The molecule has 0 aliphatic carbocycles. The van der Waals surface area contributed by atoms with Crippen LogP contribution in [0.2, 0.25) is 0 Å². The van der Waals surface area contributed by atoms with E-state index in [1.54, 1.807) is 0 Å². The summed E-state index contributed by atoms with van der Waals surface area (Å²) in [7, 11) is 0. The predicted molar refractivity (Wildman–Crippen MR) is 109 cm³/mol.